The first-order chi connectivity index (χ1) is 12.1. The summed E-state index contributed by atoms with van der Waals surface area (Å²) in [7, 11) is 2.92. The minimum Gasteiger partial charge on any atom is -0.469 e. The lowest BCUT2D eigenvalue weighted by atomic mass is 10.1. The third-order valence-electron chi connectivity index (χ3n) is 3.36. The Morgan fingerprint density at radius 1 is 1.16 bits per heavy atom. The number of ether oxygens (including phenoxy) is 1. The number of aliphatic hydroxyl groups is 1. The lowest BCUT2D eigenvalue weighted by Crippen LogP contribution is -1.98. The minimum atomic E-state index is -0.398. The van der Waals surface area contributed by atoms with E-state index in [4.69, 9.17) is 4.84 Å². The molecule has 0 aliphatic rings. The monoisotopic (exact) mass is 349 g/mol. The molecular weight excluding hydrogens is 318 g/mol. The van der Waals surface area contributed by atoms with Crippen molar-refractivity contribution < 1.29 is 19.5 Å². The number of hydrogen-bond donors (Lipinski definition) is 1. The molecule has 0 saturated carbocycles. The Hall–Kier alpha value is -2.14. The quantitative estimate of drug-likeness (QED) is 0.136. The molecule has 0 aromatic rings. The smallest absolute Gasteiger partial charge is 0.305 e. The van der Waals surface area contributed by atoms with Gasteiger partial charge in [0, 0.05) is 6.42 Å². The van der Waals surface area contributed by atoms with Crippen LogP contribution in [0.25, 0.3) is 0 Å². The SMILES string of the molecule is CCC(O)/C=C/C=C/C=C(/C=N/OC)C/C=C\CCCCC(=O)OC. The molecule has 0 fully saturated rings. The van der Waals surface area contributed by atoms with E-state index in [9.17, 15) is 9.90 Å². The summed E-state index contributed by atoms with van der Waals surface area (Å²) in [5, 5.41) is 13.2. The molecule has 0 aliphatic heterocycles. The highest BCUT2D eigenvalue weighted by molar-refractivity contribution is 5.78. The van der Waals surface area contributed by atoms with Crippen molar-refractivity contribution in [3.8, 4) is 0 Å². The average Bonchev–Trinajstić information content (AvgIpc) is 2.63. The van der Waals surface area contributed by atoms with Gasteiger partial charge in [0.25, 0.3) is 0 Å². The van der Waals surface area contributed by atoms with Crippen molar-refractivity contribution in [2.45, 2.75) is 51.6 Å². The van der Waals surface area contributed by atoms with Gasteiger partial charge in [-0.25, -0.2) is 0 Å². The molecule has 25 heavy (non-hydrogen) atoms. The largest absolute Gasteiger partial charge is 0.469 e. The van der Waals surface area contributed by atoms with Crippen LogP contribution in [0, 0.1) is 0 Å². The first-order valence-electron chi connectivity index (χ1n) is 8.64. The molecule has 0 amide bonds. The van der Waals surface area contributed by atoms with E-state index in [0.717, 1.165) is 31.3 Å². The Labute approximate surface area is 151 Å². The molecule has 0 rings (SSSR count). The molecule has 0 heterocycles. The van der Waals surface area contributed by atoms with Crippen LogP contribution in [0.4, 0.5) is 0 Å². The Kier molecular flexibility index (Phi) is 15.3. The van der Waals surface area contributed by atoms with Crippen LogP contribution in [-0.4, -0.2) is 37.6 Å². The van der Waals surface area contributed by atoms with Crippen molar-refractivity contribution in [1.82, 2.24) is 0 Å². The molecule has 0 saturated heterocycles. The summed E-state index contributed by atoms with van der Waals surface area (Å²) < 4.78 is 4.61. The molecule has 0 aliphatic carbocycles. The second-order valence-corrected chi connectivity index (χ2v) is 5.40. The highest BCUT2D eigenvalue weighted by atomic mass is 16.6. The molecule has 140 valence electrons. The predicted molar refractivity (Wildman–Crippen MR) is 102 cm³/mol. The summed E-state index contributed by atoms with van der Waals surface area (Å²) in [6.07, 6.45) is 19.4. The zero-order chi connectivity index (χ0) is 18.8. The van der Waals surface area contributed by atoms with E-state index in [-0.39, 0.29) is 5.97 Å². The first-order valence-corrected chi connectivity index (χ1v) is 8.64. The first kappa shape index (κ1) is 22.9. The Morgan fingerprint density at radius 3 is 2.64 bits per heavy atom. The lowest BCUT2D eigenvalue weighted by Gasteiger charge is -1.98. The van der Waals surface area contributed by atoms with Gasteiger partial charge in [0.15, 0.2) is 0 Å². The van der Waals surface area contributed by atoms with Gasteiger partial charge in [0.05, 0.1) is 19.4 Å². The number of allylic oxidation sites excluding steroid dienone is 7. The van der Waals surface area contributed by atoms with Crippen LogP contribution in [-0.2, 0) is 14.4 Å². The van der Waals surface area contributed by atoms with Gasteiger partial charge in [-0.15, -0.1) is 0 Å². The van der Waals surface area contributed by atoms with Crippen molar-refractivity contribution in [3.05, 3.63) is 48.1 Å². The summed E-state index contributed by atoms with van der Waals surface area (Å²) in [6.45, 7) is 1.93. The molecule has 0 aromatic carbocycles. The molecule has 5 nitrogen and oxygen atoms in total. The van der Waals surface area contributed by atoms with Gasteiger partial charge in [0.2, 0.25) is 0 Å². The third-order valence-corrected chi connectivity index (χ3v) is 3.36. The second kappa shape index (κ2) is 16.7. The molecule has 0 bridgehead atoms. The standard InChI is InChI=1S/C20H31NO4/c1-4-19(22)15-11-8-10-14-18(17-21-25-3)13-9-6-5-7-12-16-20(23)24-2/h6,8-11,14-15,17,19,22H,4-5,7,12-13,16H2,1-3H3/b9-6-,10-8+,15-11+,18-14+,21-17+. The Balaban J connectivity index is 4.30. The molecule has 1 N–H and O–H groups in total. The number of esters is 1. The fourth-order valence-electron chi connectivity index (χ4n) is 1.83. The van der Waals surface area contributed by atoms with Crippen LogP contribution in [0.1, 0.15) is 45.4 Å². The number of rotatable bonds is 13. The number of carbonyl (C=O) groups excluding carboxylic acids is 1. The van der Waals surface area contributed by atoms with E-state index >= 15 is 0 Å². The molecular formula is C20H31NO4. The maximum absolute atomic E-state index is 11.0. The van der Waals surface area contributed by atoms with Crippen LogP contribution < -0.4 is 0 Å². The third kappa shape index (κ3) is 15.1. The van der Waals surface area contributed by atoms with Crippen molar-refractivity contribution >= 4 is 12.2 Å². The van der Waals surface area contributed by atoms with E-state index in [1.807, 2.05) is 31.2 Å². The fraction of sp³-hybridized carbons (Fsp3) is 0.500. The number of hydrogen-bond acceptors (Lipinski definition) is 5. The Morgan fingerprint density at radius 2 is 1.96 bits per heavy atom. The maximum Gasteiger partial charge on any atom is 0.305 e. The summed E-state index contributed by atoms with van der Waals surface area (Å²) >= 11 is 0. The van der Waals surface area contributed by atoms with Crippen molar-refractivity contribution in [2.75, 3.05) is 14.2 Å². The van der Waals surface area contributed by atoms with Crippen LogP contribution in [0.5, 0.6) is 0 Å². The molecule has 0 aromatic heterocycles. The number of carbonyl (C=O) groups is 1. The zero-order valence-electron chi connectivity index (χ0n) is 15.6. The maximum atomic E-state index is 11.0. The van der Waals surface area contributed by atoms with E-state index in [2.05, 4.69) is 22.0 Å². The van der Waals surface area contributed by atoms with Gasteiger partial charge >= 0.3 is 5.97 Å². The van der Waals surface area contributed by atoms with Crippen molar-refractivity contribution in [1.29, 1.82) is 0 Å². The average molecular weight is 349 g/mol. The Bertz CT molecular complexity index is 490. The van der Waals surface area contributed by atoms with Gasteiger partial charge in [0.1, 0.15) is 7.11 Å². The summed E-state index contributed by atoms with van der Waals surface area (Å²) in [5.41, 5.74) is 1.01. The number of unbranched alkanes of at least 4 members (excludes halogenated alkanes) is 2. The summed E-state index contributed by atoms with van der Waals surface area (Å²) in [6, 6.07) is 0. The van der Waals surface area contributed by atoms with E-state index < -0.39 is 6.10 Å². The summed E-state index contributed by atoms with van der Waals surface area (Å²) in [5.74, 6) is -0.155. The van der Waals surface area contributed by atoms with Crippen LogP contribution in [0.2, 0.25) is 0 Å². The summed E-state index contributed by atoms with van der Waals surface area (Å²) in [4.78, 5) is 15.7. The van der Waals surface area contributed by atoms with Gasteiger partial charge < -0.3 is 14.7 Å². The fourth-order valence-corrected chi connectivity index (χ4v) is 1.83. The van der Waals surface area contributed by atoms with Gasteiger partial charge in [-0.05, 0) is 37.7 Å². The molecule has 1 atom stereocenters. The number of aliphatic hydroxyl groups excluding tert-OH is 1. The minimum absolute atomic E-state index is 0.155. The second-order valence-electron chi connectivity index (χ2n) is 5.40. The molecule has 1 unspecified atom stereocenters. The highest BCUT2D eigenvalue weighted by Gasteiger charge is 1.97. The molecule has 0 radical (unpaired) electrons. The van der Waals surface area contributed by atoms with Gasteiger partial charge in [-0.3, -0.25) is 4.79 Å². The normalized spacial score (nSPS) is 14.2. The highest BCUT2D eigenvalue weighted by Crippen LogP contribution is 2.05. The predicted octanol–water partition coefficient (Wildman–Crippen LogP) is 4.11. The topological polar surface area (TPSA) is 68.1 Å². The lowest BCUT2D eigenvalue weighted by molar-refractivity contribution is -0.140. The number of oxime groups is 1. The van der Waals surface area contributed by atoms with E-state index in [1.54, 1.807) is 12.3 Å². The molecule has 0 spiro atoms. The molecule has 5 heteroatoms. The zero-order valence-corrected chi connectivity index (χ0v) is 15.6. The van der Waals surface area contributed by atoms with Gasteiger partial charge in [-0.2, -0.15) is 0 Å². The van der Waals surface area contributed by atoms with Crippen molar-refractivity contribution in [2.24, 2.45) is 5.16 Å². The van der Waals surface area contributed by atoms with E-state index in [1.165, 1.54) is 14.2 Å². The van der Waals surface area contributed by atoms with Crippen LogP contribution in [0.3, 0.4) is 0 Å². The number of methoxy groups -OCH3 is 1. The van der Waals surface area contributed by atoms with Crippen LogP contribution in [0.15, 0.2) is 53.3 Å². The van der Waals surface area contributed by atoms with E-state index in [0.29, 0.717) is 12.8 Å². The van der Waals surface area contributed by atoms with Crippen LogP contribution >= 0.6 is 0 Å². The van der Waals surface area contributed by atoms with Crippen molar-refractivity contribution in [3.63, 3.8) is 0 Å². The van der Waals surface area contributed by atoms with Gasteiger partial charge in [-0.1, -0.05) is 54.6 Å². The number of nitrogens with zero attached hydrogens (tertiary/aromatic N) is 1.